The summed E-state index contributed by atoms with van der Waals surface area (Å²) < 4.78 is 0. The minimum atomic E-state index is 0.248. The summed E-state index contributed by atoms with van der Waals surface area (Å²) >= 11 is 0. The van der Waals surface area contributed by atoms with Crippen LogP contribution in [-0.2, 0) is 11.2 Å². The molecular formula is C15H21NO. The quantitative estimate of drug-likeness (QED) is 0.829. The van der Waals surface area contributed by atoms with Gasteiger partial charge in [0.1, 0.15) is 0 Å². The zero-order valence-electron chi connectivity index (χ0n) is 10.6. The SMILES string of the molecule is C[C@@H](CCc1ccccc1)NC(=O)[C@@H]1C[C@@H]1C. The van der Waals surface area contributed by atoms with Crippen molar-refractivity contribution in [2.45, 2.75) is 39.2 Å². The lowest BCUT2D eigenvalue weighted by molar-refractivity contribution is -0.123. The number of nitrogens with one attached hydrogen (secondary N) is 1. The number of aryl methyl sites for hydroxylation is 1. The van der Waals surface area contributed by atoms with Crippen LogP contribution in [0.15, 0.2) is 30.3 Å². The Morgan fingerprint density at radius 3 is 2.65 bits per heavy atom. The molecular weight excluding hydrogens is 210 g/mol. The van der Waals surface area contributed by atoms with Crippen molar-refractivity contribution in [3.8, 4) is 0 Å². The number of amides is 1. The van der Waals surface area contributed by atoms with E-state index in [-0.39, 0.29) is 17.9 Å². The van der Waals surface area contributed by atoms with Gasteiger partial charge < -0.3 is 5.32 Å². The maximum Gasteiger partial charge on any atom is 0.223 e. The molecule has 0 aromatic heterocycles. The molecule has 0 unspecified atom stereocenters. The molecule has 17 heavy (non-hydrogen) atoms. The van der Waals surface area contributed by atoms with Crippen molar-refractivity contribution in [3.05, 3.63) is 35.9 Å². The molecule has 1 aliphatic carbocycles. The molecule has 1 saturated carbocycles. The van der Waals surface area contributed by atoms with Crippen LogP contribution in [0.25, 0.3) is 0 Å². The Kier molecular flexibility index (Phi) is 3.82. The Balaban J connectivity index is 1.71. The van der Waals surface area contributed by atoms with E-state index in [2.05, 4.69) is 43.4 Å². The van der Waals surface area contributed by atoms with Crippen LogP contribution in [0.2, 0.25) is 0 Å². The van der Waals surface area contributed by atoms with Gasteiger partial charge in [0.15, 0.2) is 0 Å². The molecule has 0 saturated heterocycles. The molecule has 1 aliphatic rings. The lowest BCUT2D eigenvalue weighted by Crippen LogP contribution is -2.34. The summed E-state index contributed by atoms with van der Waals surface area (Å²) in [6.45, 7) is 4.23. The van der Waals surface area contributed by atoms with Crippen molar-refractivity contribution in [3.63, 3.8) is 0 Å². The highest BCUT2D eigenvalue weighted by atomic mass is 16.2. The average molecular weight is 231 g/mol. The molecule has 0 heterocycles. The van der Waals surface area contributed by atoms with Gasteiger partial charge in [0.25, 0.3) is 0 Å². The first-order chi connectivity index (χ1) is 8.16. The molecule has 1 N–H and O–H groups in total. The van der Waals surface area contributed by atoms with E-state index in [4.69, 9.17) is 0 Å². The van der Waals surface area contributed by atoms with Crippen molar-refractivity contribution in [2.24, 2.45) is 11.8 Å². The monoisotopic (exact) mass is 231 g/mol. The lowest BCUT2D eigenvalue weighted by atomic mass is 10.1. The van der Waals surface area contributed by atoms with Crippen LogP contribution in [0.3, 0.4) is 0 Å². The van der Waals surface area contributed by atoms with Crippen molar-refractivity contribution >= 4 is 5.91 Å². The minimum Gasteiger partial charge on any atom is -0.353 e. The maximum absolute atomic E-state index is 11.7. The molecule has 2 heteroatoms. The van der Waals surface area contributed by atoms with E-state index in [0.717, 1.165) is 19.3 Å². The summed E-state index contributed by atoms with van der Waals surface area (Å²) in [4.78, 5) is 11.7. The van der Waals surface area contributed by atoms with Crippen LogP contribution < -0.4 is 5.32 Å². The lowest BCUT2D eigenvalue weighted by Gasteiger charge is -2.13. The first kappa shape index (κ1) is 12.2. The van der Waals surface area contributed by atoms with Crippen molar-refractivity contribution in [1.82, 2.24) is 5.32 Å². The second-order valence-corrected chi connectivity index (χ2v) is 5.25. The fourth-order valence-electron chi connectivity index (χ4n) is 2.14. The molecule has 0 aliphatic heterocycles. The fourth-order valence-corrected chi connectivity index (χ4v) is 2.14. The highest BCUT2D eigenvalue weighted by Gasteiger charge is 2.39. The van der Waals surface area contributed by atoms with Crippen molar-refractivity contribution in [2.75, 3.05) is 0 Å². The molecule has 2 rings (SSSR count). The molecule has 1 aromatic carbocycles. The summed E-state index contributed by atoms with van der Waals surface area (Å²) in [5, 5.41) is 3.10. The van der Waals surface area contributed by atoms with Crippen molar-refractivity contribution in [1.29, 1.82) is 0 Å². The third-order valence-electron chi connectivity index (χ3n) is 3.54. The van der Waals surface area contributed by atoms with Crippen LogP contribution >= 0.6 is 0 Å². The van der Waals surface area contributed by atoms with Crippen LogP contribution in [0.1, 0.15) is 32.3 Å². The van der Waals surface area contributed by atoms with E-state index in [1.165, 1.54) is 5.56 Å². The number of carbonyl (C=O) groups excluding carboxylic acids is 1. The molecule has 1 amide bonds. The van der Waals surface area contributed by atoms with Gasteiger partial charge in [-0.15, -0.1) is 0 Å². The number of rotatable bonds is 5. The Hall–Kier alpha value is -1.31. The highest BCUT2D eigenvalue weighted by molar-refractivity contribution is 5.81. The van der Waals surface area contributed by atoms with Gasteiger partial charge in [-0.05, 0) is 37.7 Å². The molecule has 2 nitrogen and oxygen atoms in total. The minimum absolute atomic E-state index is 0.248. The van der Waals surface area contributed by atoms with Crippen molar-refractivity contribution < 1.29 is 4.79 Å². The van der Waals surface area contributed by atoms with Gasteiger partial charge in [0.05, 0.1) is 0 Å². The normalized spacial score (nSPS) is 24.1. The molecule has 1 fully saturated rings. The number of carbonyl (C=O) groups is 1. The van der Waals surface area contributed by atoms with Gasteiger partial charge in [0, 0.05) is 12.0 Å². The third kappa shape index (κ3) is 3.58. The van der Waals surface area contributed by atoms with E-state index in [1.807, 2.05) is 6.07 Å². The molecule has 92 valence electrons. The second-order valence-electron chi connectivity index (χ2n) is 5.25. The summed E-state index contributed by atoms with van der Waals surface area (Å²) in [7, 11) is 0. The fraction of sp³-hybridized carbons (Fsp3) is 0.533. The maximum atomic E-state index is 11.7. The van der Waals surface area contributed by atoms with Gasteiger partial charge in [-0.3, -0.25) is 4.79 Å². The molecule has 1 aromatic rings. The first-order valence-electron chi connectivity index (χ1n) is 6.51. The summed E-state index contributed by atoms with van der Waals surface area (Å²) in [6, 6.07) is 10.7. The predicted molar refractivity (Wildman–Crippen MR) is 69.6 cm³/mol. The molecule has 0 radical (unpaired) electrons. The number of benzene rings is 1. The first-order valence-corrected chi connectivity index (χ1v) is 6.51. The second kappa shape index (κ2) is 5.35. The van der Waals surface area contributed by atoms with E-state index in [9.17, 15) is 4.79 Å². The summed E-state index contributed by atoms with van der Waals surface area (Å²) in [6.07, 6.45) is 3.11. The summed E-state index contributed by atoms with van der Waals surface area (Å²) in [5.41, 5.74) is 1.34. The van der Waals surface area contributed by atoms with Gasteiger partial charge >= 0.3 is 0 Å². The Morgan fingerprint density at radius 2 is 2.06 bits per heavy atom. The summed E-state index contributed by atoms with van der Waals surface area (Å²) in [5.74, 6) is 1.13. The van der Waals surface area contributed by atoms with Gasteiger partial charge in [-0.1, -0.05) is 37.3 Å². The Morgan fingerprint density at radius 1 is 1.41 bits per heavy atom. The smallest absolute Gasteiger partial charge is 0.223 e. The Labute approximate surface area is 103 Å². The van der Waals surface area contributed by atoms with Gasteiger partial charge in [-0.2, -0.15) is 0 Å². The average Bonchev–Trinajstić information content (AvgIpc) is 3.05. The third-order valence-corrected chi connectivity index (χ3v) is 3.54. The number of hydrogen-bond donors (Lipinski definition) is 1. The molecule has 0 spiro atoms. The topological polar surface area (TPSA) is 29.1 Å². The molecule has 3 atom stereocenters. The largest absolute Gasteiger partial charge is 0.353 e. The van der Waals surface area contributed by atoms with Gasteiger partial charge in [-0.25, -0.2) is 0 Å². The van der Waals surface area contributed by atoms with Crippen LogP contribution in [-0.4, -0.2) is 11.9 Å². The highest BCUT2D eigenvalue weighted by Crippen LogP contribution is 2.37. The van der Waals surface area contributed by atoms with E-state index < -0.39 is 0 Å². The van der Waals surface area contributed by atoms with E-state index in [0.29, 0.717) is 5.92 Å². The van der Waals surface area contributed by atoms with Crippen LogP contribution in [0.4, 0.5) is 0 Å². The Bertz CT molecular complexity index is 374. The number of hydrogen-bond acceptors (Lipinski definition) is 1. The zero-order chi connectivity index (χ0) is 12.3. The van der Waals surface area contributed by atoms with Crippen LogP contribution in [0, 0.1) is 11.8 Å². The standard InChI is InChI=1S/C15H21NO/c1-11-10-14(11)15(17)16-12(2)8-9-13-6-4-3-5-7-13/h3-7,11-12,14H,8-10H2,1-2H3,(H,16,17)/t11-,12-,14+/m0/s1. The van der Waals surface area contributed by atoms with E-state index in [1.54, 1.807) is 0 Å². The molecule has 0 bridgehead atoms. The van der Waals surface area contributed by atoms with Crippen LogP contribution in [0.5, 0.6) is 0 Å². The zero-order valence-corrected chi connectivity index (χ0v) is 10.6. The predicted octanol–water partition coefficient (Wildman–Crippen LogP) is 2.78. The van der Waals surface area contributed by atoms with Gasteiger partial charge in [0.2, 0.25) is 5.91 Å². The van der Waals surface area contributed by atoms with E-state index >= 15 is 0 Å².